The maximum absolute atomic E-state index is 13.5. The first kappa shape index (κ1) is 36.9. The average Bonchev–Trinajstić information content (AvgIpc) is 3.74. The molecule has 0 radical (unpaired) electrons. The van der Waals surface area contributed by atoms with Gasteiger partial charge >= 0.3 is 6.18 Å². The van der Waals surface area contributed by atoms with Gasteiger partial charge in [0, 0.05) is 56.6 Å². The number of benzene rings is 1. The van der Waals surface area contributed by atoms with Crippen LogP contribution < -0.4 is 15.5 Å². The summed E-state index contributed by atoms with van der Waals surface area (Å²) < 4.78 is 41.9. The third-order valence-electron chi connectivity index (χ3n) is 12.1. The number of nitriles is 1. The number of fused-ring (bicyclic) bond motifs is 1. The Balaban J connectivity index is 0.788. The van der Waals surface area contributed by atoms with E-state index in [-0.39, 0.29) is 29.8 Å². The zero-order valence-electron chi connectivity index (χ0n) is 30.6. The number of hydrogen-bond donors (Lipinski definition) is 3. The SMILES string of the molecule is CC(C)(C(=O)Nc1ccc(C#N)c(C(F)(F)F)c1)n1cc(C2CCN(C3CN(C4CN(c5ccc6c(n5)CN(C5CCC(=O)NC5O)C6=O)C4)C3)CC2)cn1. The number of rotatable bonds is 8. The first-order valence-electron chi connectivity index (χ1n) is 18.7. The van der Waals surface area contributed by atoms with Gasteiger partial charge in [-0.3, -0.25) is 28.9 Å². The van der Waals surface area contributed by atoms with Gasteiger partial charge in [-0.05, 0) is 88.0 Å². The number of amides is 3. The van der Waals surface area contributed by atoms with Crippen LogP contribution in [0.2, 0.25) is 0 Å². The predicted octanol–water partition coefficient (Wildman–Crippen LogP) is 2.85. The Bertz CT molecular complexity index is 2040. The van der Waals surface area contributed by atoms with Crippen LogP contribution in [0.1, 0.15) is 78.2 Å². The zero-order chi connectivity index (χ0) is 38.8. The number of nitrogens with zero attached hydrogens (tertiary/aromatic N) is 8. The van der Waals surface area contributed by atoms with Crippen LogP contribution in [-0.4, -0.2) is 116 Å². The molecule has 55 heavy (non-hydrogen) atoms. The number of pyridine rings is 1. The molecule has 0 spiro atoms. The predicted molar refractivity (Wildman–Crippen MR) is 193 cm³/mol. The number of aromatic nitrogens is 3. The summed E-state index contributed by atoms with van der Waals surface area (Å²) in [5, 5.41) is 29.0. The number of anilines is 2. The summed E-state index contributed by atoms with van der Waals surface area (Å²) in [7, 11) is 0. The third-order valence-corrected chi connectivity index (χ3v) is 12.1. The lowest BCUT2D eigenvalue weighted by atomic mass is 9.89. The van der Waals surface area contributed by atoms with Gasteiger partial charge in [-0.2, -0.15) is 23.5 Å². The van der Waals surface area contributed by atoms with Crippen LogP contribution in [-0.2, 0) is 27.8 Å². The summed E-state index contributed by atoms with van der Waals surface area (Å²) in [4.78, 5) is 51.7. The Hall–Kier alpha value is -5.05. The first-order valence-corrected chi connectivity index (χ1v) is 18.7. The molecule has 3 N–H and O–H groups in total. The molecular weight excluding hydrogens is 717 g/mol. The van der Waals surface area contributed by atoms with Crippen molar-refractivity contribution >= 4 is 29.2 Å². The lowest BCUT2D eigenvalue weighted by Gasteiger charge is -2.55. The minimum Gasteiger partial charge on any atom is -0.372 e. The molecule has 0 aliphatic carbocycles. The number of halogens is 3. The van der Waals surface area contributed by atoms with Gasteiger partial charge in [0.2, 0.25) is 5.91 Å². The summed E-state index contributed by atoms with van der Waals surface area (Å²) in [6, 6.07) is 8.85. The van der Waals surface area contributed by atoms with Crippen molar-refractivity contribution < 1.29 is 32.7 Å². The van der Waals surface area contributed by atoms with Gasteiger partial charge in [0.25, 0.3) is 11.8 Å². The van der Waals surface area contributed by atoms with Crippen LogP contribution in [0, 0.1) is 11.3 Å². The highest BCUT2D eigenvalue weighted by molar-refractivity contribution is 5.98. The Morgan fingerprint density at radius 3 is 2.44 bits per heavy atom. The molecule has 8 rings (SSSR count). The van der Waals surface area contributed by atoms with E-state index in [1.54, 1.807) is 35.7 Å². The number of piperidine rings is 2. The minimum atomic E-state index is -4.73. The van der Waals surface area contributed by atoms with E-state index in [1.807, 2.05) is 18.3 Å². The van der Waals surface area contributed by atoms with Gasteiger partial charge < -0.3 is 25.5 Å². The van der Waals surface area contributed by atoms with Crippen LogP contribution in [0.4, 0.5) is 24.7 Å². The molecule has 3 amide bonds. The normalized spacial score (nSPS) is 23.2. The first-order chi connectivity index (χ1) is 26.2. The van der Waals surface area contributed by atoms with Gasteiger partial charge in [0.15, 0.2) is 0 Å². The number of aliphatic hydroxyl groups excluding tert-OH is 1. The highest BCUT2D eigenvalue weighted by atomic mass is 19.4. The van der Waals surface area contributed by atoms with Crippen molar-refractivity contribution in [1.82, 2.24) is 34.8 Å². The number of carbonyl (C=O) groups excluding carboxylic acids is 3. The molecular formula is C38H43F3N10O4. The number of hydrogen-bond acceptors (Lipinski definition) is 10. The van der Waals surface area contributed by atoms with Crippen LogP contribution in [0.25, 0.3) is 0 Å². The molecule has 4 fully saturated rings. The molecule has 5 aliphatic rings. The minimum absolute atomic E-state index is 0.0490. The van der Waals surface area contributed by atoms with E-state index in [0.717, 1.165) is 75.6 Å². The molecule has 5 aliphatic heterocycles. The fourth-order valence-corrected chi connectivity index (χ4v) is 8.42. The molecule has 3 aromatic rings. The number of likely N-dealkylation sites (tertiary alicyclic amines) is 2. The summed E-state index contributed by atoms with van der Waals surface area (Å²) in [6.07, 6.45) is 0.424. The van der Waals surface area contributed by atoms with E-state index in [9.17, 15) is 32.7 Å². The lowest BCUT2D eigenvalue weighted by Crippen LogP contribution is -2.70. The van der Waals surface area contributed by atoms with E-state index in [4.69, 9.17) is 10.2 Å². The molecule has 290 valence electrons. The van der Waals surface area contributed by atoms with E-state index in [0.29, 0.717) is 36.3 Å². The monoisotopic (exact) mass is 760 g/mol. The fourth-order valence-electron chi connectivity index (χ4n) is 8.42. The maximum atomic E-state index is 13.5. The number of aliphatic hydroxyl groups is 1. The second kappa shape index (κ2) is 13.9. The van der Waals surface area contributed by atoms with Crippen LogP contribution >= 0.6 is 0 Å². The molecule has 2 atom stereocenters. The Morgan fingerprint density at radius 1 is 1.02 bits per heavy atom. The Kier molecular flexibility index (Phi) is 9.33. The van der Waals surface area contributed by atoms with Crippen LogP contribution in [0.3, 0.4) is 0 Å². The summed E-state index contributed by atoms with van der Waals surface area (Å²) >= 11 is 0. The standard InChI is InChI=1S/C38H43F3N10O4/c1-37(2,36(55)44-25-4-3-23(14-42)29(13-25)38(39,40)41)51-16-24(15-43-51)22-9-11-47(12-10-22)26-17-48(18-26)27-19-49(20-27)32-7-5-28-30(45-32)21-50(35(28)54)31-6-8-33(52)46-34(31)53/h3-5,7,13,15-16,22,26-27,31,34,53H,6,8-12,17-21H2,1-2H3,(H,44,55)(H,46,52). The largest absolute Gasteiger partial charge is 0.417 e. The average molecular weight is 761 g/mol. The van der Waals surface area contributed by atoms with Gasteiger partial charge in [0.1, 0.15) is 17.6 Å². The number of nitrogens with one attached hydrogen (secondary N) is 2. The van der Waals surface area contributed by atoms with Gasteiger partial charge in [-0.15, -0.1) is 0 Å². The molecule has 2 unspecified atom stereocenters. The second-order valence-electron chi connectivity index (χ2n) is 15.8. The van der Waals surface area contributed by atoms with E-state index >= 15 is 0 Å². The van der Waals surface area contributed by atoms with Gasteiger partial charge in [0.05, 0.1) is 47.2 Å². The van der Waals surface area contributed by atoms with Crippen molar-refractivity contribution in [2.75, 3.05) is 49.5 Å². The zero-order valence-corrected chi connectivity index (χ0v) is 30.6. The molecule has 17 heteroatoms. The van der Waals surface area contributed by atoms with Crippen molar-refractivity contribution in [3.8, 4) is 6.07 Å². The number of alkyl halides is 3. The molecule has 4 saturated heterocycles. The van der Waals surface area contributed by atoms with E-state index in [1.165, 1.54) is 6.07 Å². The van der Waals surface area contributed by atoms with Crippen molar-refractivity contribution in [3.63, 3.8) is 0 Å². The van der Waals surface area contributed by atoms with E-state index < -0.39 is 41.0 Å². The summed E-state index contributed by atoms with van der Waals surface area (Å²) in [5.74, 6) is 0.223. The third kappa shape index (κ3) is 6.91. The fraction of sp³-hybridized carbons (Fsp3) is 0.526. The number of carbonyl (C=O) groups is 3. The molecule has 14 nitrogen and oxygen atoms in total. The van der Waals surface area contributed by atoms with Crippen molar-refractivity contribution in [2.24, 2.45) is 0 Å². The van der Waals surface area contributed by atoms with Crippen molar-refractivity contribution in [3.05, 3.63) is 70.7 Å². The molecule has 0 saturated carbocycles. The lowest BCUT2D eigenvalue weighted by molar-refractivity contribution is -0.137. The highest BCUT2D eigenvalue weighted by Crippen LogP contribution is 2.36. The van der Waals surface area contributed by atoms with Gasteiger partial charge in [-0.25, -0.2) is 4.98 Å². The Labute approximate surface area is 315 Å². The summed E-state index contributed by atoms with van der Waals surface area (Å²) in [6.45, 7) is 9.29. The van der Waals surface area contributed by atoms with E-state index in [2.05, 4.69) is 30.4 Å². The Morgan fingerprint density at radius 2 is 1.75 bits per heavy atom. The van der Waals surface area contributed by atoms with Crippen LogP contribution in [0.15, 0.2) is 42.7 Å². The van der Waals surface area contributed by atoms with Gasteiger partial charge in [-0.1, -0.05) is 0 Å². The molecule has 1 aromatic carbocycles. The smallest absolute Gasteiger partial charge is 0.372 e. The van der Waals surface area contributed by atoms with Crippen molar-refractivity contribution in [2.45, 2.75) is 88.1 Å². The highest BCUT2D eigenvalue weighted by Gasteiger charge is 2.44. The topological polar surface area (TPSA) is 163 Å². The molecule has 0 bridgehead atoms. The molecule has 2 aromatic heterocycles. The second-order valence-corrected chi connectivity index (χ2v) is 15.8. The quantitative estimate of drug-likeness (QED) is 0.312. The maximum Gasteiger partial charge on any atom is 0.417 e. The van der Waals surface area contributed by atoms with Crippen molar-refractivity contribution in [1.29, 1.82) is 5.26 Å². The summed E-state index contributed by atoms with van der Waals surface area (Å²) in [5.41, 5.74) is -0.563. The molecule has 7 heterocycles. The van der Waals surface area contributed by atoms with Crippen LogP contribution in [0.5, 0.6) is 0 Å².